The minimum Gasteiger partial charge on any atom is -0.370 e. The van der Waals surface area contributed by atoms with Gasteiger partial charge in [0.2, 0.25) is 5.91 Å². The molecular formula is C14H22N2O. The first-order chi connectivity index (χ1) is 8.00. The van der Waals surface area contributed by atoms with Crippen LogP contribution in [0.25, 0.3) is 0 Å². The third kappa shape index (κ3) is 4.57. The minimum atomic E-state index is -0.231. The van der Waals surface area contributed by atoms with E-state index in [1.165, 1.54) is 16.7 Å². The number of carbonyl (C=O) groups excluding carboxylic acids is 1. The van der Waals surface area contributed by atoms with E-state index in [2.05, 4.69) is 44.3 Å². The van der Waals surface area contributed by atoms with Crippen LogP contribution in [0.15, 0.2) is 18.2 Å². The maximum atomic E-state index is 10.6. The number of nitrogens with one attached hydrogen (secondary N) is 1. The highest BCUT2D eigenvalue weighted by Gasteiger charge is 2.07. The van der Waals surface area contributed by atoms with Crippen LogP contribution in [0.2, 0.25) is 0 Å². The van der Waals surface area contributed by atoms with Gasteiger partial charge >= 0.3 is 0 Å². The highest BCUT2D eigenvalue weighted by molar-refractivity contribution is 5.73. The average Bonchev–Trinajstić information content (AvgIpc) is 2.23. The summed E-state index contributed by atoms with van der Waals surface area (Å²) < 4.78 is 0. The highest BCUT2D eigenvalue weighted by Crippen LogP contribution is 2.18. The van der Waals surface area contributed by atoms with Crippen LogP contribution in [0.3, 0.4) is 0 Å². The van der Waals surface area contributed by atoms with Gasteiger partial charge in [-0.25, -0.2) is 0 Å². The van der Waals surface area contributed by atoms with Crippen molar-refractivity contribution in [3.05, 3.63) is 34.9 Å². The van der Waals surface area contributed by atoms with E-state index in [1.54, 1.807) is 0 Å². The zero-order valence-corrected chi connectivity index (χ0v) is 10.9. The lowest BCUT2D eigenvalue weighted by molar-refractivity contribution is -0.118. The molecule has 3 nitrogen and oxygen atoms in total. The number of hydrogen-bond donors (Lipinski definition) is 2. The normalized spacial score (nSPS) is 12.4. The molecule has 1 unspecified atom stereocenters. The van der Waals surface area contributed by atoms with Crippen LogP contribution in [0.5, 0.6) is 0 Å². The Balaban J connectivity index is 2.46. The van der Waals surface area contributed by atoms with Crippen LogP contribution in [0.4, 0.5) is 0 Å². The van der Waals surface area contributed by atoms with Crippen LogP contribution in [0, 0.1) is 13.8 Å². The summed E-state index contributed by atoms with van der Waals surface area (Å²) >= 11 is 0. The van der Waals surface area contributed by atoms with Gasteiger partial charge in [-0.05, 0) is 44.9 Å². The van der Waals surface area contributed by atoms with Crippen molar-refractivity contribution in [1.29, 1.82) is 0 Å². The average molecular weight is 234 g/mol. The molecule has 1 rings (SSSR count). The largest absolute Gasteiger partial charge is 0.370 e. The summed E-state index contributed by atoms with van der Waals surface area (Å²) in [5.74, 6) is -0.231. The van der Waals surface area contributed by atoms with Gasteiger partial charge in [-0.1, -0.05) is 23.8 Å². The van der Waals surface area contributed by atoms with Crippen molar-refractivity contribution >= 4 is 5.91 Å². The van der Waals surface area contributed by atoms with Crippen molar-refractivity contribution in [1.82, 2.24) is 5.32 Å². The van der Waals surface area contributed by atoms with Gasteiger partial charge in [0.1, 0.15) is 0 Å². The fourth-order valence-electron chi connectivity index (χ4n) is 2.00. The standard InChI is InChI=1S/C14H22N2O/c1-10-6-7-13(11(2)9-10)12(3)16-8-4-5-14(15)17/h6-7,9,12,16H,4-5,8H2,1-3H3,(H2,15,17). The first-order valence-electron chi connectivity index (χ1n) is 6.09. The van der Waals surface area contributed by atoms with Crippen LogP contribution in [0.1, 0.15) is 42.5 Å². The Kier molecular flexibility index (Phi) is 5.16. The van der Waals surface area contributed by atoms with Crippen LogP contribution in [-0.2, 0) is 4.79 Å². The Morgan fingerprint density at radius 2 is 2.12 bits per heavy atom. The van der Waals surface area contributed by atoms with Gasteiger partial charge < -0.3 is 11.1 Å². The van der Waals surface area contributed by atoms with Crippen molar-refractivity contribution < 1.29 is 4.79 Å². The molecule has 1 aromatic carbocycles. The Morgan fingerprint density at radius 3 is 2.71 bits per heavy atom. The quantitative estimate of drug-likeness (QED) is 0.741. The first kappa shape index (κ1) is 13.7. The van der Waals surface area contributed by atoms with Gasteiger partial charge in [-0.3, -0.25) is 4.79 Å². The van der Waals surface area contributed by atoms with E-state index in [4.69, 9.17) is 5.73 Å². The van der Waals surface area contributed by atoms with Gasteiger partial charge in [-0.2, -0.15) is 0 Å². The molecule has 0 aromatic heterocycles. The third-order valence-electron chi connectivity index (χ3n) is 2.94. The lowest BCUT2D eigenvalue weighted by Gasteiger charge is -2.16. The Labute approximate surface area is 103 Å². The number of hydrogen-bond acceptors (Lipinski definition) is 2. The van der Waals surface area contributed by atoms with E-state index in [0.717, 1.165) is 13.0 Å². The van der Waals surface area contributed by atoms with Gasteiger partial charge in [0, 0.05) is 12.5 Å². The summed E-state index contributed by atoms with van der Waals surface area (Å²) in [4.78, 5) is 10.6. The second-order valence-electron chi connectivity index (χ2n) is 4.61. The molecule has 17 heavy (non-hydrogen) atoms. The van der Waals surface area contributed by atoms with Gasteiger partial charge in [-0.15, -0.1) is 0 Å². The molecule has 94 valence electrons. The van der Waals surface area contributed by atoms with E-state index in [1.807, 2.05) is 0 Å². The van der Waals surface area contributed by atoms with Crippen LogP contribution in [-0.4, -0.2) is 12.5 Å². The van der Waals surface area contributed by atoms with Crippen molar-refractivity contribution in [2.24, 2.45) is 5.73 Å². The Bertz CT molecular complexity index is 388. The minimum absolute atomic E-state index is 0.231. The molecular weight excluding hydrogens is 212 g/mol. The van der Waals surface area contributed by atoms with Crippen molar-refractivity contribution in [2.75, 3.05) is 6.54 Å². The molecule has 0 radical (unpaired) electrons. The molecule has 1 aromatic rings. The molecule has 0 fully saturated rings. The summed E-state index contributed by atoms with van der Waals surface area (Å²) in [7, 11) is 0. The van der Waals surface area contributed by atoms with Gasteiger partial charge in [0.05, 0.1) is 0 Å². The summed E-state index contributed by atoms with van der Waals surface area (Å²) in [6.45, 7) is 7.19. The summed E-state index contributed by atoms with van der Waals surface area (Å²) in [5.41, 5.74) is 9.00. The maximum absolute atomic E-state index is 10.6. The molecule has 0 spiro atoms. The number of primary amides is 1. The number of nitrogens with two attached hydrogens (primary N) is 1. The van der Waals surface area contributed by atoms with E-state index in [9.17, 15) is 4.79 Å². The monoisotopic (exact) mass is 234 g/mol. The zero-order valence-electron chi connectivity index (χ0n) is 10.9. The van der Waals surface area contributed by atoms with E-state index >= 15 is 0 Å². The lowest BCUT2D eigenvalue weighted by atomic mass is 10.0. The second kappa shape index (κ2) is 6.40. The Hall–Kier alpha value is -1.35. The predicted molar refractivity (Wildman–Crippen MR) is 70.8 cm³/mol. The van der Waals surface area contributed by atoms with Gasteiger partial charge in [0.25, 0.3) is 0 Å². The number of aryl methyl sites for hydroxylation is 2. The molecule has 1 atom stereocenters. The van der Waals surface area contributed by atoms with Crippen LogP contribution < -0.4 is 11.1 Å². The van der Waals surface area contributed by atoms with Crippen molar-refractivity contribution in [2.45, 2.75) is 39.7 Å². The summed E-state index contributed by atoms with van der Waals surface area (Å²) in [5, 5.41) is 3.41. The SMILES string of the molecule is Cc1ccc(C(C)NCCCC(N)=O)c(C)c1. The number of amides is 1. The lowest BCUT2D eigenvalue weighted by Crippen LogP contribution is -2.22. The fourth-order valence-corrected chi connectivity index (χ4v) is 2.00. The third-order valence-corrected chi connectivity index (χ3v) is 2.94. The molecule has 3 heteroatoms. The zero-order chi connectivity index (χ0) is 12.8. The molecule has 0 saturated heterocycles. The molecule has 0 saturated carbocycles. The Morgan fingerprint density at radius 1 is 1.41 bits per heavy atom. The van der Waals surface area contributed by atoms with Crippen molar-refractivity contribution in [3.63, 3.8) is 0 Å². The number of benzene rings is 1. The molecule has 0 aliphatic rings. The fraction of sp³-hybridized carbons (Fsp3) is 0.500. The number of carbonyl (C=O) groups is 1. The maximum Gasteiger partial charge on any atom is 0.217 e. The first-order valence-corrected chi connectivity index (χ1v) is 6.09. The predicted octanol–water partition coefficient (Wildman–Crippen LogP) is 2.22. The molecule has 0 aliphatic carbocycles. The number of rotatable bonds is 6. The van der Waals surface area contributed by atoms with E-state index in [0.29, 0.717) is 12.5 Å². The van der Waals surface area contributed by atoms with Crippen molar-refractivity contribution in [3.8, 4) is 0 Å². The van der Waals surface area contributed by atoms with E-state index in [-0.39, 0.29) is 5.91 Å². The highest BCUT2D eigenvalue weighted by atomic mass is 16.1. The van der Waals surface area contributed by atoms with E-state index < -0.39 is 0 Å². The van der Waals surface area contributed by atoms with Crippen LogP contribution >= 0.6 is 0 Å². The topological polar surface area (TPSA) is 55.1 Å². The molecule has 1 amide bonds. The summed E-state index contributed by atoms with van der Waals surface area (Å²) in [6.07, 6.45) is 1.25. The van der Waals surface area contributed by atoms with Gasteiger partial charge in [0.15, 0.2) is 0 Å². The molecule has 0 aliphatic heterocycles. The molecule has 0 bridgehead atoms. The molecule has 0 heterocycles. The summed E-state index contributed by atoms with van der Waals surface area (Å²) in [6, 6.07) is 6.79. The smallest absolute Gasteiger partial charge is 0.217 e. The second-order valence-corrected chi connectivity index (χ2v) is 4.61. The molecule has 3 N–H and O–H groups in total.